The first-order valence-corrected chi connectivity index (χ1v) is 29.4. The third kappa shape index (κ3) is 14.0. The average Bonchev–Trinajstić information content (AvgIpc) is 1.73. The van der Waals surface area contributed by atoms with Crippen molar-refractivity contribution in [2.75, 3.05) is 0 Å². The zero-order valence-corrected chi connectivity index (χ0v) is 56.5. The summed E-state index contributed by atoms with van der Waals surface area (Å²) in [5.41, 5.74) is 32.7. The van der Waals surface area contributed by atoms with Crippen LogP contribution >= 0.6 is 0 Å². The molecule has 14 aromatic rings. The van der Waals surface area contributed by atoms with Gasteiger partial charge in [0.15, 0.2) is 0 Å². The number of hydrogen-bond donors (Lipinski definition) is 0. The van der Waals surface area contributed by atoms with Gasteiger partial charge in [0.1, 0.15) is 0 Å². The van der Waals surface area contributed by atoms with Crippen LogP contribution in [0.4, 0.5) is 0 Å². The Labute approximate surface area is 547 Å². The van der Waals surface area contributed by atoms with E-state index in [1.54, 1.807) is 12.4 Å². The van der Waals surface area contributed by atoms with Gasteiger partial charge in [-0.15, -0.1) is 71.8 Å². The van der Waals surface area contributed by atoms with E-state index in [9.17, 15) is 0 Å². The van der Waals surface area contributed by atoms with Crippen molar-refractivity contribution in [1.29, 1.82) is 0 Å². The maximum atomic E-state index is 4.97. The Balaban J connectivity index is 0.000000151. The minimum atomic E-state index is 0. The molecule has 0 aliphatic rings. The Bertz CT molecular complexity index is 4290. The van der Waals surface area contributed by atoms with Gasteiger partial charge in [-0.05, 0) is 241 Å². The summed E-state index contributed by atoms with van der Waals surface area (Å²) in [5, 5.41) is 4.57. The third-order valence-corrected chi connectivity index (χ3v) is 15.9. The van der Waals surface area contributed by atoms with Crippen molar-refractivity contribution in [3.63, 3.8) is 0 Å². The summed E-state index contributed by atoms with van der Waals surface area (Å²) in [4.78, 5) is 28.1. The Kier molecular flexibility index (Phi) is 20.3. The molecule has 0 atom stereocenters. The van der Waals surface area contributed by atoms with Crippen LogP contribution < -0.4 is 9.97 Å². The Morgan fingerprint density at radius 2 is 0.625 bits per heavy atom. The molecule has 0 N–H and O–H groups in total. The van der Waals surface area contributed by atoms with Crippen LogP contribution in [-0.4, -0.2) is 19.9 Å². The van der Waals surface area contributed by atoms with Gasteiger partial charge in [0, 0.05) is 12.4 Å². The molecule has 6 heterocycles. The second kappa shape index (κ2) is 28.0. The van der Waals surface area contributed by atoms with Crippen molar-refractivity contribution in [3.05, 3.63) is 285 Å². The van der Waals surface area contributed by atoms with E-state index in [1.165, 1.54) is 111 Å². The molecule has 8 heteroatoms. The van der Waals surface area contributed by atoms with E-state index in [4.69, 9.17) is 19.9 Å². The SMILES string of the molecule is Cc1cc(C)c(-c2ccc3[n-]c4nc(-c5c(C)cc(C)cc5C)ccc4c3c2)c(C)c1.Cc1cc(C)c(-c2ccc3[n-]c4nc(-c5c(C)cc(C)cc5C)ccc4c3c2)c(C)c1.[Pt+2].[Pt+2].[c-]1ccccc1-c1ccccn1.[c-]1ccccc1-c1ccccn1. The van der Waals surface area contributed by atoms with Crippen molar-refractivity contribution < 1.29 is 42.1 Å². The Morgan fingerprint density at radius 3 is 0.932 bits per heavy atom. The maximum Gasteiger partial charge on any atom is 2.00 e. The van der Waals surface area contributed by atoms with Crippen LogP contribution in [0.15, 0.2) is 207 Å². The van der Waals surface area contributed by atoms with Crippen LogP contribution in [0, 0.1) is 95.2 Å². The first-order chi connectivity index (χ1) is 41.6. The molecule has 6 aromatic heterocycles. The summed E-state index contributed by atoms with van der Waals surface area (Å²) in [7, 11) is 0. The quantitative estimate of drug-likeness (QED) is 0.154. The molecule has 0 radical (unpaired) electrons. The van der Waals surface area contributed by atoms with Gasteiger partial charge < -0.3 is 29.9 Å². The predicted molar refractivity (Wildman–Crippen MR) is 361 cm³/mol. The zero-order valence-electron chi connectivity index (χ0n) is 51.9. The number of aromatic nitrogens is 6. The van der Waals surface area contributed by atoms with Crippen molar-refractivity contribution in [3.8, 4) is 67.3 Å². The molecule has 0 bridgehead atoms. The van der Waals surface area contributed by atoms with Crippen LogP contribution in [0.5, 0.6) is 0 Å². The van der Waals surface area contributed by atoms with Crippen molar-refractivity contribution >= 4 is 43.9 Å². The first kappa shape index (κ1) is 63.8. The van der Waals surface area contributed by atoms with E-state index in [2.05, 4.69) is 214 Å². The summed E-state index contributed by atoms with van der Waals surface area (Å²) < 4.78 is 0. The number of pyridine rings is 4. The van der Waals surface area contributed by atoms with E-state index in [1.807, 2.05) is 84.9 Å². The van der Waals surface area contributed by atoms with Gasteiger partial charge in [-0.2, -0.15) is 0 Å². The first-order valence-electron chi connectivity index (χ1n) is 29.4. The molecule has 0 saturated carbocycles. The number of fused-ring (bicyclic) bond motifs is 6. The molecule has 0 aliphatic heterocycles. The van der Waals surface area contributed by atoms with E-state index < -0.39 is 0 Å². The van der Waals surface area contributed by atoms with Gasteiger partial charge in [-0.1, -0.05) is 155 Å². The van der Waals surface area contributed by atoms with Crippen LogP contribution in [0.2, 0.25) is 0 Å². The second-order valence-electron chi connectivity index (χ2n) is 22.9. The number of nitrogens with zero attached hydrogens (tertiary/aromatic N) is 6. The standard InChI is InChI=1S/2C29H27N2.2C11H8N.2Pt/c2*1-16-11-18(3)27(19(4)12-16)22-7-9-25-24(15-22)23-8-10-26(31-29(23)30-25)28-20(5)13-17(2)14-21(28)6;2*1-2-6-10(7-3-1)11-8-4-5-9-12-11;;/h2*7-15H,1-6H3;2*1-6,8-9H;;/q4*-1;2*+2. The monoisotopic (exact) mass is 1500 g/mol. The molecule has 0 unspecified atom stereocenters. The number of aryl methyl sites for hydroxylation is 12. The molecular formula is C80H70N6Pt2. The molecule has 0 amide bonds. The Morgan fingerprint density at radius 1 is 0.295 bits per heavy atom. The maximum absolute atomic E-state index is 4.97. The van der Waals surface area contributed by atoms with E-state index in [-0.39, 0.29) is 42.1 Å². The van der Waals surface area contributed by atoms with E-state index in [0.29, 0.717) is 0 Å². The summed E-state index contributed by atoms with van der Waals surface area (Å²) >= 11 is 0. The second-order valence-corrected chi connectivity index (χ2v) is 22.9. The van der Waals surface area contributed by atoms with Crippen LogP contribution in [0.3, 0.4) is 0 Å². The van der Waals surface area contributed by atoms with Crippen LogP contribution in [0.25, 0.3) is 111 Å². The minimum absolute atomic E-state index is 0. The summed E-state index contributed by atoms with van der Waals surface area (Å²) in [6, 6.07) is 73.4. The normalized spacial score (nSPS) is 10.8. The van der Waals surface area contributed by atoms with Gasteiger partial charge in [0.05, 0.1) is 0 Å². The molecule has 8 aromatic carbocycles. The Hall–Kier alpha value is -8.66. The molecule has 0 spiro atoms. The fourth-order valence-corrected chi connectivity index (χ4v) is 12.6. The average molecular weight is 1510 g/mol. The molecule has 0 aliphatic carbocycles. The van der Waals surface area contributed by atoms with Crippen molar-refractivity contribution in [2.24, 2.45) is 0 Å². The molecular weight excluding hydrogens is 1440 g/mol. The zero-order chi connectivity index (χ0) is 60.2. The van der Waals surface area contributed by atoms with Gasteiger partial charge in [-0.3, -0.25) is 0 Å². The fourth-order valence-electron chi connectivity index (χ4n) is 12.6. The fraction of sp³-hybridized carbons (Fsp3) is 0.150. The van der Waals surface area contributed by atoms with Crippen LogP contribution in [-0.2, 0) is 42.1 Å². The van der Waals surface area contributed by atoms with Gasteiger partial charge in [0.2, 0.25) is 0 Å². The van der Waals surface area contributed by atoms with Gasteiger partial charge >= 0.3 is 42.1 Å². The third-order valence-electron chi connectivity index (χ3n) is 15.9. The minimum Gasteiger partial charge on any atom is -0.435 e. The topological polar surface area (TPSA) is 79.8 Å². The van der Waals surface area contributed by atoms with Crippen LogP contribution in [0.1, 0.15) is 66.8 Å². The number of rotatable bonds is 6. The molecule has 14 rings (SSSR count). The van der Waals surface area contributed by atoms with Gasteiger partial charge in [-0.25, -0.2) is 0 Å². The molecule has 6 nitrogen and oxygen atoms in total. The smallest absolute Gasteiger partial charge is 0.435 e. The summed E-state index contributed by atoms with van der Waals surface area (Å²) in [5.74, 6) is 0. The number of hydrogen-bond acceptors (Lipinski definition) is 4. The largest absolute Gasteiger partial charge is 2.00 e. The molecule has 0 fully saturated rings. The van der Waals surface area contributed by atoms with Gasteiger partial charge in [0.25, 0.3) is 0 Å². The van der Waals surface area contributed by atoms with E-state index in [0.717, 1.165) is 67.0 Å². The predicted octanol–water partition coefficient (Wildman–Crippen LogP) is 20.2. The molecule has 0 saturated heterocycles. The van der Waals surface area contributed by atoms with E-state index >= 15 is 0 Å². The molecule has 88 heavy (non-hydrogen) atoms. The molecule has 440 valence electrons. The summed E-state index contributed by atoms with van der Waals surface area (Å²) in [6.45, 7) is 26.0. The van der Waals surface area contributed by atoms with Crippen molar-refractivity contribution in [2.45, 2.75) is 83.1 Å². The number of benzene rings is 8. The summed E-state index contributed by atoms with van der Waals surface area (Å²) in [6.07, 6.45) is 3.58. The van der Waals surface area contributed by atoms with Crippen molar-refractivity contribution in [1.82, 2.24) is 29.9 Å².